The van der Waals surface area contributed by atoms with Gasteiger partial charge in [-0.25, -0.2) is 0 Å². The van der Waals surface area contributed by atoms with Gasteiger partial charge in [-0.3, -0.25) is 4.90 Å². The van der Waals surface area contributed by atoms with Crippen LogP contribution >= 0.6 is 0 Å². The van der Waals surface area contributed by atoms with E-state index in [0.717, 1.165) is 32.4 Å². The van der Waals surface area contributed by atoms with Crippen molar-refractivity contribution in [2.45, 2.75) is 63.4 Å². The number of benzene rings is 1. The highest BCUT2D eigenvalue weighted by Crippen LogP contribution is 2.36. The monoisotopic (exact) mass is 289 g/mol. The van der Waals surface area contributed by atoms with Gasteiger partial charge in [0.15, 0.2) is 0 Å². The van der Waals surface area contributed by atoms with Crippen LogP contribution in [0.2, 0.25) is 0 Å². The highest BCUT2D eigenvalue weighted by Gasteiger charge is 2.36. The van der Waals surface area contributed by atoms with Crippen molar-refractivity contribution in [1.82, 2.24) is 4.90 Å². The quantitative estimate of drug-likeness (QED) is 0.909. The molecule has 1 aromatic rings. The minimum absolute atomic E-state index is 0.192. The molecular formula is C18H27NO2. The van der Waals surface area contributed by atoms with E-state index in [1.165, 1.54) is 5.56 Å². The first-order chi connectivity index (χ1) is 10.1. The summed E-state index contributed by atoms with van der Waals surface area (Å²) in [7, 11) is 0. The Morgan fingerprint density at radius 2 is 1.71 bits per heavy atom. The molecule has 1 N–H and O–H groups in total. The summed E-state index contributed by atoms with van der Waals surface area (Å²) in [6, 6.07) is 11.0. The first-order valence-corrected chi connectivity index (χ1v) is 8.26. The van der Waals surface area contributed by atoms with Gasteiger partial charge in [0, 0.05) is 19.1 Å². The Hall–Kier alpha value is -0.900. The molecule has 1 saturated heterocycles. The molecule has 5 atom stereocenters. The van der Waals surface area contributed by atoms with Gasteiger partial charge < -0.3 is 9.84 Å². The lowest BCUT2D eigenvalue weighted by Gasteiger charge is -2.45. The minimum atomic E-state index is -0.192. The molecule has 2 aliphatic rings. The van der Waals surface area contributed by atoms with Gasteiger partial charge in [-0.2, -0.15) is 0 Å². The third kappa shape index (κ3) is 3.47. The lowest BCUT2D eigenvalue weighted by Crippen LogP contribution is -2.55. The Morgan fingerprint density at radius 1 is 1.05 bits per heavy atom. The van der Waals surface area contributed by atoms with Crippen LogP contribution in [0.1, 0.15) is 44.6 Å². The van der Waals surface area contributed by atoms with Crippen molar-refractivity contribution in [1.29, 1.82) is 0 Å². The van der Waals surface area contributed by atoms with Crippen LogP contribution < -0.4 is 0 Å². The van der Waals surface area contributed by atoms with Gasteiger partial charge in [-0.1, -0.05) is 30.3 Å². The van der Waals surface area contributed by atoms with Crippen LogP contribution in [-0.2, 0) is 4.74 Å². The van der Waals surface area contributed by atoms with Gasteiger partial charge in [0.25, 0.3) is 0 Å². The highest BCUT2D eigenvalue weighted by atomic mass is 16.5. The van der Waals surface area contributed by atoms with E-state index < -0.39 is 0 Å². The fourth-order valence-electron chi connectivity index (χ4n) is 4.04. The van der Waals surface area contributed by atoms with Crippen LogP contribution in [0.15, 0.2) is 30.3 Å². The maximum atomic E-state index is 10.5. The number of nitrogens with zero attached hydrogens (tertiary/aromatic N) is 1. The van der Waals surface area contributed by atoms with Gasteiger partial charge in [-0.05, 0) is 44.6 Å². The van der Waals surface area contributed by atoms with Crippen LogP contribution in [0.5, 0.6) is 0 Å². The van der Waals surface area contributed by atoms with Crippen molar-refractivity contribution in [3.05, 3.63) is 35.9 Å². The van der Waals surface area contributed by atoms with Gasteiger partial charge in [0.05, 0.1) is 18.3 Å². The molecule has 3 rings (SSSR count). The first kappa shape index (κ1) is 15.0. The summed E-state index contributed by atoms with van der Waals surface area (Å²) in [6.07, 6.45) is 3.39. The number of morpholine rings is 1. The second-order valence-corrected chi connectivity index (χ2v) is 6.77. The van der Waals surface area contributed by atoms with Crippen LogP contribution in [0.25, 0.3) is 0 Å². The Morgan fingerprint density at radius 3 is 2.38 bits per heavy atom. The summed E-state index contributed by atoms with van der Waals surface area (Å²) < 4.78 is 5.83. The summed E-state index contributed by atoms with van der Waals surface area (Å²) in [5.74, 6) is 0.577. The topological polar surface area (TPSA) is 32.7 Å². The number of aliphatic hydroxyl groups is 1. The Balaban J connectivity index is 1.71. The first-order valence-electron chi connectivity index (χ1n) is 8.26. The molecule has 0 amide bonds. The van der Waals surface area contributed by atoms with E-state index in [9.17, 15) is 5.11 Å². The molecule has 3 nitrogen and oxygen atoms in total. The van der Waals surface area contributed by atoms with Gasteiger partial charge in [-0.15, -0.1) is 0 Å². The fourth-order valence-corrected chi connectivity index (χ4v) is 4.04. The van der Waals surface area contributed by atoms with Crippen LogP contribution in [0.4, 0.5) is 0 Å². The average Bonchev–Trinajstić information content (AvgIpc) is 2.47. The Labute approximate surface area is 127 Å². The molecule has 0 bridgehead atoms. The molecule has 1 aliphatic heterocycles. The summed E-state index contributed by atoms with van der Waals surface area (Å²) in [5.41, 5.74) is 1.42. The van der Waals surface area contributed by atoms with E-state index >= 15 is 0 Å². The molecule has 3 heteroatoms. The number of rotatable bonds is 2. The van der Waals surface area contributed by atoms with E-state index in [-0.39, 0.29) is 24.4 Å². The molecular weight excluding hydrogens is 262 g/mol. The maximum Gasteiger partial charge on any atom is 0.0695 e. The second kappa shape index (κ2) is 6.47. The molecule has 1 aromatic carbocycles. The van der Waals surface area contributed by atoms with E-state index in [4.69, 9.17) is 4.74 Å². The van der Waals surface area contributed by atoms with Crippen molar-refractivity contribution < 1.29 is 9.84 Å². The van der Waals surface area contributed by atoms with Gasteiger partial charge >= 0.3 is 0 Å². The van der Waals surface area contributed by atoms with Gasteiger partial charge in [0.2, 0.25) is 0 Å². The van der Waals surface area contributed by atoms with Crippen molar-refractivity contribution in [3.8, 4) is 0 Å². The molecule has 1 heterocycles. The smallest absolute Gasteiger partial charge is 0.0695 e. The summed E-state index contributed by atoms with van der Waals surface area (Å²) >= 11 is 0. The van der Waals surface area contributed by atoms with Crippen molar-refractivity contribution in [2.24, 2.45) is 0 Å². The van der Waals surface area contributed by atoms with Crippen LogP contribution in [-0.4, -0.2) is 47.4 Å². The lowest BCUT2D eigenvalue weighted by molar-refractivity contribution is -0.103. The minimum Gasteiger partial charge on any atom is -0.391 e. The fraction of sp³-hybridized carbons (Fsp3) is 0.667. The standard InChI is InChI=1S/C18H27NO2/c1-13-11-19(12-14(2)21-13)17-10-16(8-9-18(17)20)15-6-4-3-5-7-15/h3-7,13-14,16-18,20H,8-12H2,1-2H3. The molecule has 0 aromatic heterocycles. The number of hydrogen-bond acceptors (Lipinski definition) is 3. The zero-order valence-corrected chi connectivity index (χ0v) is 13.1. The van der Waals surface area contributed by atoms with Crippen LogP contribution in [0.3, 0.4) is 0 Å². The van der Waals surface area contributed by atoms with E-state index in [1.807, 2.05) is 0 Å². The molecule has 5 unspecified atom stereocenters. The Bertz CT molecular complexity index is 440. The third-order valence-corrected chi connectivity index (χ3v) is 4.97. The van der Waals surface area contributed by atoms with E-state index in [1.54, 1.807) is 0 Å². The predicted octanol–water partition coefficient (Wildman–Crippen LogP) is 2.79. The number of aliphatic hydroxyl groups excluding tert-OH is 1. The largest absolute Gasteiger partial charge is 0.391 e. The number of hydrogen-bond donors (Lipinski definition) is 1. The Kier molecular flexibility index (Phi) is 4.63. The maximum absolute atomic E-state index is 10.5. The second-order valence-electron chi connectivity index (χ2n) is 6.77. The molecule has 21 heavy (non-hydrogen) atoms. The molecule has 116 valence electrons. The summed E-state index contributed by atoms with van der Waals surface area (Å²) in [6.45, 7) is 6.14. The molecule has 1 saturated carbocycles. The van der Waals surface area contributed by atoms with E-state index in [0.29, 0.717) is 5.92 Å². The molecule has 1 aliphatic carbocycles. The number of ether oxygens (including phenoxy) is 1. The van der Waals surface area contributed by atoms with Gasteiger partial charge in [0.1, 0.15) is 0 Å². The zero-order valence-electron chi connectivity index (χ0n) is 13.1. The van der Waals surface area contributed by atoms with Crippen molar-refractivity contribution >= 4 is 0 Å². The average molecular weight is 289 g/mol. The van der Waals surface area contributed by atoms with Crippen LogP contribution in [0, 0.1) is 0 Å². The zero-order chi connectivity index (χ0) is 14.8. The molecule has 2 fully saturated rings. The van der Waals surface area contributed by atoms with E-state index in [2.05, 4.69) is 49.1 Å². The molecule has 0 radical (unpaired) electrons. The highest BCUT2D eigenvalue weighted by molar-refractivity contribution is 5.20. The molecule has 0 spiro atoms. The predicted molar refractivity (Wildman–Crippen MR) is 84.4 cm³/mol. The normalized spacial score (nSPS) is 38.3. The van der Waals surface area contributed by atoms with Crippen molar-refractivity contribution in [3.63, 3.8) is 0 Å². The lowest BCUT2D eigenvalue weighted by atomic mass is 9.79. The third-order valence-electron chi connectivity index (χ3n) is 4.97. The SMILES string of the molecule is CC1CN(C2CC(c3ccccc3)CCC2O)CC(C)O1. The summed E-state index contributed by atoms with van der Waals surface area (Å²) in [4.78, 5) is 2.46. The summed E-state index contributed by atoms with van der Waals surface area (Å²) in [5, 5.41) is 10.5. The van der Waals surface area contributed by atoms with Crippen molar-refractivity contribution in [2.75, 3.05) is 13.1 Å².